The Labute approximate surface area is 182 Å². The Kier molecular flexibility index (Phi) is 6.27. The Bertz CT molecular complexity index is 1190. The fourth-order valence-electron chi connectivity index (χ4n) is 3.26. The molecule has 0 fully saturated rings. The standard InChI is InChI=1S/C23H20F2N4OS/c1-2-20(22(30)27-18-11-9-17(25)10-12-18)29-21-19(4-3-13-26-21)28-23(29)31-14-15-5-7-16(24)8-6-15/h3-13,20H,2,14H2,1H3,(H,27,30)/t20-/m1/s1. The van der Waals surface area contributed by atoms with E-state index in [0.717, 1.165) is 5.56 Å². The molecule has 5 nitrogen and oxygen atoms in total. The van der Waals surface area contributed by atoms with Crippen LogP contribution in [-0.2, 0) is 10.5 Å². The fraction of sp³-hybridized carbons (Fsp3) is 0.174. The predicted octanol–water partition coefficient (Wildman–Crippen LogP) is 5.59. The minimum Gasteiger partial charge on any atom is -0.324 e. The van der Waals surface area contributed by atoms with E-state index < -0.39 is 6.04 Å². The van der Waals surface area contributed by atoms with Gasteiger partial charge in [-0.15, -0.1) is 0 Å². The fourth-order valence-corrected chi connectivity index (χ4v) is 4.27. The summed E-state index contributed by atoms with van der Waals surface area (Å²) in [6.45, 7) is 1.91. The Morgan fingerprint density at radius 2 is 1.74 bits per heavy atom. The van der Waals surface area contributed by atoms with Crippen molar-refractivity contribution in [2.45, 2.75) is 30.3 Å². The number of thioether (sulfide) groups is 1. The summed E-state index contributed by atoms with van der Waals surface area (Å²) in [6.07, 6.45) is 2.18. The van der Waals surface area contributed by atoms with Crippen molar-refractivity contribution in [1.82, 2.24) is 14.5 Å². The van der Waals surface area contributed by atoms with E-state index in [-0.39, 0.29) is 17.5 Å². The van der Waals surface area contributed by atoms with Gasteiger partial charge in [0.25, 0.3) is 0 Å². The number of hydrogen-bond donors (Lipinski definition) is 1. The molecule has 1 amide bonds. The van der Waals surface area contributed by atoms with Gasteiger partial charge >= 0.3 is 0 Å². The molecule has 1 N–H and O–H groups in total. The molecule has 0 unspecified atom stereocenters. The van der Waals surface area contributed by atoms with Gasteiger partial charge in [-0.25, -0.2) is 18.7 Å². The van der Waals surface area contributed by atoms with Crippen molar-refractivity contribution in [3.63, 3.8) is 0 Å². The van der Waals surface area contributed by atoms with E-state index in [1.165, 1.54) is 48.2 Å². The van der Waals surface area contributed by atoms with Crippen molar-refractivity contribution in [1.29, 1.82) is 0 Å². The summed E-state index contributed by atoms with van der Waals surface area (Å²) < 4.78 is 28.2. The van der Waals surface area contributed by atoms with Crippen molar-refractivity contribution in [2.75, 3.05) is 5.32 Å². The molecule has 0 aliphatic heterocycles. The summed E-state index contributed by atoms with van der Waals surface area (Å²) in [6, 6.07) is 15.0. The van der Waals surface area contributed by atoms with Crippen LogP contribution in [0, 0.1) is 11.6 Å². The highest BCUT2D eigenvalue weighted by molar-refractivity contribution is 7.98. The van der Waals surface area contributed by atoms with Gasteiger partial charge in [0.2, 0.25) is 5.91 Å². The van der Waals surface area contributed by atoms with Crippen LogP contribution in [0.2, 0.25) is 0 Å². The first-order valence-corrected chi connectivity index (χ1v) is 10.8. The minimum atomic E-state index is -0.555. The van der Waals surface area contributed by atoms with Crippen molar-refractivity contribution in [2.24, 2.45) is 0 Å². The number of carbonyl (C=O) groups excluding carboxylic acids is 1. The lowest BCUT2D eigenvalue weighted by atomic mass is 10.2. The summed E-state index contributed by atoms with van der Waals surface area (Å²) in [5.41, 5.74) is 2.77. The third-order valence-electron chi connectivity index (χ3n) is 4.81. The first kappa shape index (κ1) is 21.0. The van der Waals surface area contributed by atoms with Crippen LogP contribution >= 0.6 is 11.8 Å². The molecular formula is C23H20F2N4OS. The van der Waals surface area contributed by atoms with Crippen LogP contribution < -0.4 is 5.32 Å². The predicted molar refractivity (Wildman–Crippen MR) is 118 cm³/mol. The molecule has 4 rings (SSSR count). The van der Waals surface area contributed by atoms with E-state index in [0.29, 0.717) is 34.2 Å². The van der Waals surface area contributed by atoms with Gasteiger partial charge in [-0.1, -0.05) is 30.8 Å². The van der Waals surface area contributed by atoms with Crippen molar-refractivity contribution >= 4 is 34.5 Å². The Morgan fingerprint density at radius 1 is 1.06 bits per heavy atom. The molecule has 31 heavy (non-hydrogen) atoms. The van der Waals surface area contributed by atoms with E-state index in [9.17, 15) is 13.6 Å². The molecule has 2 aromatic carbocycles. The molecule has 0 saturated carbocycles. The van der Waals surface area contributed by atoms with Crippen LogP contribution in [0.15, 0.2) is 72.0 Å². The van der Waals surface area contributed by atoms with E-state index in [2.05, 4.69) is 15.3 Å². The summed E-state index contributed by atoms with van der Waals surface area (Å²) in [5, 5.41) is 3.50. The lowest BCUT2D eigenvalue weighted by molar-refractivity contribution is -0.119. The number of carbonyl (C=O) groups is 1. The third-order valence-corrected chi connectivity index (χ3v) is 5.83. The molecule has 0 aliphatic rings. The van der Waals surface area contributed by atoms with Crippen LogP contribution in [-0.4, -0.2) is 20.4 Å². The van der Waals surface area contributed by atoms with Gasteiger partial charge in [0.1, 0.15) is 23.2 Å². The number of pyridine rings is 1. The molecular weight excluding hydrogens is 418 g/mol. The molecule has 8 heteroatoms. The van der Waals surface area contributed by atoms with Crippen LogP contribution in [0.4, 0.5) is 14.5 Å². The SMILES string of the molecule is CC[C@H](C(=O)Nc1ccc(F)cc1)n1c(SCc2ccc(F)cc2)nc2cccnc21. The number of rotatable bonds is 7. The number of hydrogen-bond acceptors (Lipinski definition) is 4. The Morgan fingerprint density at radius 3 is 2.42 bits per heavy atom. The lowest BCUT2D eigenvalue weighted by Crippen LogP contribution is -2.26. The molecule has 2 heterocycles. The number of nitrogens with zero attached hydrogens (tertiary/aromatic N) is 3. The van der Waals surface area contributed by atoms with Gasteiger partial charge in [-0.05, 0) is 60.5 Å². The molecule has 158 valence electrons. The highest BCUT2D eigenvalue weighted by Crippen LogP contribution is 2.31. The highest BCUT2D eigenvalue weighted by Gasteiger charge is 2.25. The summed E-state index contributed by atoms with van der Waals surface area (Å²) in [7, 11) is 0. The molecule has 0 radical (unpaired) electrons. The normalized spacial score (nSPS) is 12.1. The average Bonchev–Trinajstić information content (AvgIpc) is 3.14. The molecule has 0 spiro atoms. The van der Waals surface area contributed by atoms with Gasteiger partial charge in [-0.2, -0.15) is 0 Å². The summed E-state index contributed by atoms with van der Waals surface area (Å²) in [4.78, 5) is 22.2. The van der Waals surface area contributed by atoms with Crippen molar-refractivity contribution in [3.05, 3.63) is 84.1 Å². The molecule has 1 atom stereocenters. The van der Waals surface area contributed by atoms with E-state index >= 15 is 0 Å². The van der Waals surface area contributed by atoms with Crippen LogP contribution in [0.3, 0.4) is 0 Å². The molecule has 0 bridgehead atoms. The van der Waals surface area contributed by atoms with Gasteiger partial charge in [0.05, 0.1) is 0 Å². The molecule has 2 aromatic heterocycles. The van der Waals surface area contributed by atoms with Gasteiger partial charge in [-0.3, -0.25) is 9.36 Å². The zero-order valence-electron chi connectivity index (χ0n) is 16.8. The van der Waals surface area contributed by atoms with Crippen LogP contribution in [0.25, 0.3) is 11.2 Å². The van der Waals surface area contributed by atoms with E-state index in [4.69, 9.17) is 0 Å². The van der Waals surface area contributed by atoms with E-state index in [1.807, 2.05) is 17.6 Å². The maximum absolute atomic E-state index is 13.2. The smallest absolute Gasteiger partial charge is 0.247 e. The topological polar surface area (TPSA) is 59.8 Å². The van der Waals surface area contributed by atoms with Gasteiger partial charge < -0.3 is 5.32 Å². The van der Waals surface area contributed by atoms with Crippen LogP contribution in [0.1, 0.15) is 24.9 Å². The number of anilines is 1. The van der Waals surface area contributed by atoms with Crippen molar-refractivity contribution < 1.29 is 13.6 Å². The van der Waals surface area contributed by atoms with Gasteiger partial charge in [0, 0.05) is 17.6 Å². The number of halogens is 2. The number of aromatic nitrogens is 3. The van der Waals surface area contributed by atoms with Crippen LogP contribution in [0.5, 0.6) is 0 Å². The van der Waals surface area contributed by atoms with Gasteiger partial charge in [0.15, 0.2) is 10.8 Å². The molecule has 0 aliphatic carbocycles. The number of imidazole rings is 1. The molecule has 4 aromatic rings. The zero-order chi connectivity index (χ0) is 21.8. The first-order chi connectivity index (χ1) is 15.0. The largest absolute Gasteiger partial charge is 0.324 e. The van der Waals surface area contributed by atoms with Crippen molar-refractivity contribution in [3.8, 4) is 0 Å². The molecule has 0 saturated heterocycles. The quantitative estimate of drug-likeness (QED) is 0.382. The summed E-state index contributed by atoms with van der Waals surface area (Å²) in [5.74, 6) is -0.315. The number of amides is 1. The Balaban J connectivity index is 1.64. The highest BCUT2D eigenvalue weighted by atomic mass is 32.2. The number of fused-ring (bicyclic) bond motifs is 1. The summed E-state index contributed by atoms with van der Waals surface area (Å²) >= 11 is 1.46. The lowest BCUT2D eigenvalue weighted by Gasteiger charge is -2.19. The monoisotopic (exact) mass is 438 g/mol. The maximum Gasteiger partial charge on any atom is 0.247 e. The minimum absolute atomic E-state index is 0.234. The zero-order valence-corrected chi connectivity index (χ0v) is 17.6. The third kappa shape index (κ3) is 4.74. The van der Waals surface area contributed by atoms with E-state index in [1.54, 1.807) is 24.4 Å². The average molecular weight is 439 g/mol. The second-order valence-electron chi connectivity index (χ2n) is 6.95. The second kappa shape index (κ2) is 9.26. The maximum atomic E-state index is 13.2. The second-order valence-corrected chi connectivity index (χ2v) is 7.89. The number of benzene rings is 2. The Hall–Kier alpha value is -3.26. The number of nitrogens with one attached hydrogen (secondary N) is 1. The first-order valence-electron chi connectivity index (χ1n) is 9.81.